The van der Waals surface area contributed by atoms with Crippen molar-refractivity contribution < 1.29 is 9.53 Å². The lowest BCUT2D eigenvalue weighted by molar-refractivity contribution is -0.0915. The highest BCUT2D eigenvalue weighted by atomic mass is 32.1. The van der Waals surface area contributed by atoms with Crippen LogP contribution in [0.15, 0.2) is 41.2 Å². The first-order valence-corrected chi connectivity index (χ1v) is 9.32. The highest BCUT2D eigenvalue weighted by Gasteiger charge is 2.39. The molecule has 6 heteroatoms. The first-order valence-electron chi connectivity index (χ1n) is 8.38. The van der Waals surface area contributed by atoms with E-state index in [0.29, 0.717) is 13.2 Å². The van der Waals surface area contributed by atoms with Crippen molar-refractivity contribution in [2.75, 3.05) is 26.2 Å². The summed E-state index contributed by atoms with van der Waals surface area (Å²) < 4.78 is 5.94. The molecule has 4 rings (SSSR count). The first-order chi connectivity index (χ1) is 11.8. The molecule has 0 spiro atoms. The average Bonchev–Trinajstić information content (AvgIpc) is 3.16. The number of pyridine rings is 1. The molecular weight excluding hydrogens is 322 g/mol. The van der Waals surface area contributed by atoms with Crippen LogP contribution in [0.4, 0.5) is 0 Å². The van der Waals surface area contributed by atoms with Crippen molar-refractivity contribution in [2.24, 2.45) is 0 Å². The van der Waals surface area contributed by atoms with Gasteiger partial charge in [-0.15, -0.1) is 0 Å². The molecule has 2 aliphatic heterocycles. The third kappa shape index (κ3) is 3.22. The molecule has 1 amide bonds. The fraction of sp³-hybridized carbons (Fsp3) is 0.444. The number of fused-ring (bicyclic) bond motifs is 1. The van der Waals surface area contributed by atoms with Gasteiger partial charge in [0.05, 0.1) is 30.0 Å². The summed E-state index contributed by atoms with van der Waals surface area (Å²) in [6, 6.07) is 8.05. The summed E-state index contributed by atoms with van der Waals surface area (Å²) in [7, 11) is 0. The third-order valence-corrected chi connectivity index (χ3v) is 5.49. The van der Waals surface area contributed by atoms with Crippen molar-refractivity contribution >= 4 is 17.2 Å². The summed E-state index contributed by atoms with van der Waals surface area (Å²) in [6.45, 7) is 3.96. The van der Waals surface area contributed by atoms with Crippen LogP contribution in [-0.4, -0.2) is 59.1 Å². The molecule has 0 bridgehead atoms. The minimum atomic E-state index is 0.128. The van der Waals surface area contributed by atoms with Crippen LogP contribution in [0.2, 0.25) is 0 Å². The Morgan fingerprint density at radius 2 is 2.29 bits per heavy atom. The maximum atomic E-state index is 12.8. The van der Waals surface area contributed by atoms with Gasteiger partial charge in [0.25, 0.3) is 5.91 Å². The van der Waals surface area contributed by atoms with Crippen molar-refractivity contribution in [3.63, 3.8) is 0 Å². The van der Waals surface area contributed by atoms with Crippen molar-refractivity contribution in [1.82, 2.24) is 14.8 Å². The maximum absolute atomic E-state index is 12.8. The lowest BCUT2D eigenvalue weighted by Gasteiger charge is -2.47. The summed E-state index contributed by atoms with van der Waals surface area (Å²) in [4.78, 5) is 21.6. The zero-order chi connectivity index (χ0) is 16.4. The topological polar surface area (TPSA) is 45.7 Å². The minimum Gasteiger partial charge on any atom is -0.374 e. The highest BCUT2D eigenvalue weighted by molar-refractivity contribution is 7.08. The van der Waals surface area contributed by atoms with E-state index < -0.39 is 0 Å². The number of aromatic nitrogens is 1. The second-order valence-corrected chi connectivity index (χ2v) is 7.11. The van der Waals surface area contributed by atoms with Gasteiger partial charge in [0.2, 0.25) is 0 Å². The molecule has 4 heterocycles. The zero-order valence-electron chi connectivity index (χ0n) is 13.5. The Kier molecular flexibility index (Phi) is 4.60. The number of rotatable bonds is 3. The first kappa shape index (κ1) is 15.7. The number of hydrogen-bond donors (Lipinski definition) is 0. The Bertz CT molecular complexity index is 677. The molecule has 2 aliphatic rings. The van der Waals surface area contributed by atoms with Gasteiger partial charge in [0.1, 0.15) is 0 Å². The Morgan fingerprint density at radius 3 is 3.08 bits per heavy atom. The predicted octanol–water partition coefficient (Wildman–Crippen LogP) is 2.26. The molecule has 0 N–H and O–H groups in total. The summed E-state index contributed by atoms with van der Waals surface area (Å²) in [5.41, 5.74) is 1.87. The normalized spacial score (nSPS) is 24.6. The number of likely N-dealkylation sites (tertiary alicyclic amines) is 1. The van der Waals surface area contributed by atoms with Crippen LogP contribution in [0.3, 0.4) is 0 Å². The van der Waals surface area contributed by atoms with Gasteiger partial charge in [0.15, 0.2) is 0 Å². The Morgan fingerprint density at radius 1 is 1.33 bits per heavy atom. The SMILES string of the molecule is O=C(c1ccsc1)N1CCO[C@H]2CCN(Cc3ccccn3)C[C@@H]21. The molecule has 0 unspecified atom stereocenters. The smallest absolute Gasteiger partial charge is 0.255 e. The number of amides is 1. The van der Waals surface area contributed by atoms with Gasteiger partial charge < -0.3 is 9.64 Å². The van der Waals surface area contributed by atoms with E-state index in [1.165, 1.54) is 0 Å². The van der Waals surface area contributed by atoms with E-state index in [-0.39, 0.29) is 18.1 Å². The zero-order valence-corrected chi connectivity index (χ0v) is 14.3. The number of carbonyl (C=O) groups excluding carboxylic acids is 1. The van der Waals surface area contributed by atoms with Crippen LogP contribution >= 0.6 is 11.3 Å². The lowest BCUT2D eigenvalue weighted by Crippen LogP contribution is -2.61. The van der Waals surface area contributed by atoms with Crippen LogP contribution in [0.25, 0.3) is 0 Å². The summed E-state index contributed by atoms with van der Waals surface area (Å²) in [5, 5.41) is 3.89. The molecule has 0 radical (unpaired) electrons. The monoisotopic (exact) mass is 343 g/mol. The van der Waals surface area contributed by atoms with Crippen LogP contribution in [0, 0.1) is 0 Å². The average molecular weight is 343 g/mol. The molecular formula is C18H21N3O2S. The van der Waals surface area contributed by atoms with Crippen molar-refractivity contribution in [1.29, 1.82) is 0 Å². The van der Waals surface area contributed by atoms with Crippen LogP contribution < -0.4 is 0 Å². The second-order valence-electron chi connectivity index (χ2n) is 6.33. The van der Waals surface area contributed by atoms with Crippen molar-refractivity contribution in [3.8, 4) is 0 Å². The number of morpholine rings is 1. The number of nitrogens with zero attached hydrogens (tertiary/aromatic N) is 3. The number of ether oxygens (including phenoxy) is 1. The van der Waals surface area contributed by atoms with Gasteiger partial charge in [-0.2, -0.15) is 11.3 Å². The molecule has 0 aliphatic carbocycles. The molecule has 2 aromatic rings. The van der Waals surface area contributed by atoms with Crippen LogP contribution in [0.5, 0.6) is 0 Å². The van der Waals surface area contributed by atoms with Crippen molar-refractivity contribution in [3.05, 3.63) is 52.5 Å². The summed E-state index contributed by atoms with van der Waals surface area (Å²) in [6.07, 6.45) is 2.95. The Hall–Kier alpha value is -1.76. The Balaban J connectivity index is 1.48. The van der Waals surface area contributed by atoms with E-state index in [2.05, 4.69) is 16.0 Å². The van der Waals surface area contributed by atoms with Gasteiger partial charge in [-0.1, -0.05) is 6.07 Å². The van der Waals surface area contributed by atoms with Crippen LogP contribution in [-0.2, 0) is 11.3 Å². The van der Waals surface area contributed by atoms with E-state index >= 15 is 0 Å². The van der Waals surface area contributed by atoms with Gasteiger partial charge in [-0.3, -0.25) is 14.7 Å². The van der Waals surface area contributed by atoms with E-state index in [0.717, 1.165) is 37.3 Å². The minimum absolute atomic E-state index is 0.128. The molecule has 2 fully saturated rings. The van der Waals surface area contributed by atoms with E-state index in [9.17, 15) is 4.79 Å². The number of carbonyl (C=O) groups is 1. The molecule has 126 valence electrons. The number of piperidine rings is 1. The fourth-order valence-corrected chi connectivity index (χ4v) is 4.24. The standard InChI is InChI=1S/C18H21N3O2S/c22-18(14-5-10-24-13-14)21-8-9-23-17-4-7-20(12-16(17)21)11-15-3-1-2-6-19-15/h1-3,5-6,10,13,16-17H,4,7-9,11-12H2/t16-,17-/m0/s1. The van der Waals surface area contributed by atoms with E-state index in [1.807, 2.05) is 40.1 Å². The van der Waals surface area contributed by atoms with Crippen molar-refractivity contribution in [2.45, 2.75) is 25.1 Å². The third-order valence-electron chi connectivity index (χ3n) is 4.81. The molecule has 0 saturated carbocycles. The van der Waals surface area contributed by atoms with E-state index in [1.54, 1.807) is 11.3 Å². The predicted molar refractivity (Wildman–Crippen MR) is 93.0 cm³/mol. The second kappa shape index (κ2) is 7.01. The fourth-order valence-electron chi connectivity index (χ4n) is 3.61. The van der Waals surface area contributed by atoms with Gasteiger partial charge in [0, 0.05) is 37.8 Å². The lowest BCUT2D eigenvalue weighted by atomic mass is 9.98. The number of thiophene rings is 1. The highest BCUT2D eigenvalue weighted by Crippen LogP contribution is 2.26. The molecule has 5 nitrogen and oxygen atoms in total. The molecule has 2 atom stereocenters. The van der Waals surface area contributed by atoms with Gasteiger partial charge in [-0.05, 0) is 30.0 Å². The molecule has 2 saturated heterocycles. The molecule has 2 aromatic heterocycles. The summed E-state index contributed by atoms with van der Waals surface area (Å²) >= 11 is 1.57. The number of hydrogen-bond acceptors (Lipinski definition) is 5. The van der Waals surface area contributed by atoms with E-state index in [4.69, 9.17) is 4.74 Å². The Labute approximate surface area is 145 Å². The molecule has 0 aromatic carbocycles. The summed E-state index contributed by atoms with van der Waals surface area (Å²) in [5.74, 6) is 0.134. The molecule has 24 heavy (non-hydrogen) atoms. The van der Waals surface area contributed by atoms with Crippen LogP contribution in [0.1, 0.15) is 22.5 Å². The largest absolute Gasteiger partial charge is 0.374 e. The van der Waals surface area contributed by atoms with Gasteiger partial charge >= 0.3 is 0 Å². The quantitative estimate of drug-likeness (QED) is 0.858. The van der Waals surface area contributed by atoms with Gasteiger partial charge in [-0.25, -0.2) is 0 Å². The maximum Gasteiger partial charge on any atom is 0.255 e.